The van der Waals surface area contributed by atoms with Crippen molar-refractivity contribution >= 4 is 35.1 Å². The third-order valence-electron chi connectivity index (χ3n) is 3.03. The Bertz CT molecular complexity index is 481. The van der Waals surface area contributed by atoms with Crippen LogP contribution in [-0.2, 0) is 4.74 Å². The summed E-state index contributed by atoms with van der Waals surface area (Å²) in [6, 6.07) is 5.14. The molecule has 0 saturated carbocycles. The molecule has 0 unspecified atom stereocenters. The monoisotopic (exact) mass is 330 g/mol. The third kappa shape index (κ3) is 4.98. The van der Waals surface area contributed by atoms with Crippen molar-refractivity contribution < 1.29 is 14.3 Å². The number of amides is 2. The molecule has 1 fully saturated rings. The normalized spacial score (nSPS) is 14.9. The first-order chi connectivity index (χ1) is 10.2. The van der Waals surface area contributed by atoms with Gasteiger partial charge in [-0.05, 0) is 18.2 Å². The van der Waals surface area contributed by atoms with Crippen molar-refractivity contribution in [1.82, 2.24) is 4.90 Å². The number of benzene rings is 1. The maximum absolute atomic E-state index is 12.1. The van der Waals surface area contributed by atoms with E-state index in [-0.39, 0.29) is 6.03 Å². The van der Waals surface area contributed by atoms with Gasteiger partial charge in [0.25, 0.3) is 0 Å². The zero-order chi connectivity index (χ0) is 15.1. The molecule has 0 aliphatic carbocycles. The minimum atomic E-state index is -0.0839. The van der Waals surface area contributed by atoms with Crippen molar-refractivity contribution in [3.05, 3.63) is 23.2 Å². The highest BCUT2D eigenvalue weighted by molar-refractivity contribution is 7.99. The van der Waals surface area contributed by atoms with E-state index in [9.17, 15) is 4.79 Å². The highest BCUT2D eigenvalue weighted by Crippen LogP contribution is 2.27. The largest absolute Gasteiger partial charge is 0.490 e. The van der Waals surface area contributed by atoms with Crippen LogP contribution in [0.25, 0.3) is 0 Å². The molecule has 0 bridgehead atoms. The molecule has 0 spiro atoms. The predicted molar refractivity (Wildman–Crippen MR) is 86.7 cm³/mol. The van der Waals surface area contributed by atoms with E-state index in [1.807, 2.05) is 16.7 Å². The Morgan fingerprint density at radius 1 is 1.38 bits per heavy atom. The first-order valence-electron chi connectivity index (χ1n) is 6.75. The van der Waals surface area contributed by atoms with Gasteiger partial charge in [0.1, 0.15) is 12.4 Å². The van der Waals surface area contributed by atoms with E-state index in [0.29, 0.717) is 29.7 Å². The zero-order valence-electron chi connectivity index (χ0n) is 11.9. The Kier molecular flexibility index (Phi) is 6.48. The van der Waals surface area contributed by atoms with Gasteiger partial charge in [-0.3, -0.25) is 0 Å². The first-order valence-corrected chi connectivity index (χ1v) is 8.29. The number of methoxy groups -OCH3 is 1. The van der Waals surface area contributed by atoms with E-state index in [4.69, 9.17) is 21.1 Å². The molecule has 1 N–H and O–H groups in total. The summed E-state index contributed by atoms with van der Waals surface area (Å²) in [7, 11) is 1.61. The molecule has 1 aromatic rings. The Labute approximate surface area is 133 Å². The van der Waals surface area contributed by atoms with Crippen LogP contribution in [0.15, 0.2) is 18.2 Å². The SMILES string of the molecule is COCCOc1ccc(NC(=O)N2CCSCC2)cc1Cl. The van der Waals surface area contributed by atoms with E-state index < -0.39 is 0 Å². The maximum atomic E-state index is 12.1. The molecule has 2 rings (SSSR count). The zero-order valence-corrected chi connectivity index (χ0v) is 13.5. The Morgan fingerprint density at radius 2 is 2.14 bits per heavy atom. The second-order valence-corrected chi connectivity index (χ2v) is 6.15. The van der Waals surface area contributed by atoms with Gasteiger partial charge in [0.05, 0.1) is 11.6 Å². The average Bonchev–Trinajstić information content (AvgIpc) is 2.50. The molecule has 1 aromatic carbocycles. The molecule has 2 amide bonds. The Hall–Kier alpha value is -1.11. The lowest BCUT2D eigenvalue weighted by Crippen LogP contribution is -2.40. The molecular weight excluding hydrogens is 312 g/mol. The van der Waals surface area contributed by atoms with Crippen LogP contribution in [0.2, 0.25) is 5.02 Å². The van der Waals surface area contributed by atoms with Crippen molar-refractivity contribution in [3.8, 4) is 5.75 Å². The number of ether oxygens (including phenoxy) is 2. The fourth-order valence-electron chi connectivity index (χ4n) is 1.90. The summed E-state index contributed by atoms with van der Waals surface area (Å²) < 4.78 is 10.4. The number of thioether (sulfide) groups is 1. The van der Waals surface area contributed by atoms with E-state index in [1.165, 1.54) is 0 Å². The smallest absolute Gasteiger partial charge is 0.321 e. The summed E-state index contributed by atoms with van der Waals surface area (Å²) in [6.07, 6.45) is 0. The number of halogens is 1. The third-order valence-corrected chi connectivity index (χ3v) is 4.26. The average molecular weight is 331 g/mol. The standard InChI is InChI=1S/C14H19ClN2O3S/c1-19-6-7-20-13-3-2-11(10-12(13)15)16-14(18)17-4-8-21-9-5-17/h2-3,10H,4-9H2,1H3,(H,16,18). The first kappa shape index (κ1) is 16.3. The van der Waals surface area contributed by atoms with E-state index in [0.717, 1.165) is 24.6 Å². The Balaban J connectivity index is 1.91. The summed E-state index contributed by atoms with van der Waals surface area (Å²) in [5.41, 5.74) is 0.669. The number of carbonyl (C=O) groups excluding carboxylic acids is 1. The number of anilines is 1. The molecule has 1 aliphatic rings. The van der Waals surface area contributed by atoms with Gasteiger partial charge < -0.3 is 19.7 Å². The van der Waals surface area contributed by atoms with Crippen molar-refractivity contribution in [1.29, 1.82) is 0 Å². The number of urea groups is 1. The van der Waals surface area contributed by atoms with Crippen molar-refractivity contribution in [3.63, 3.8) is 0 Å². The van der Waals surface area contributed by atoms with Crippen molar-refractivity contribution in [2.75, 3.05) is 50.2 Å². The molecule has 1 heterocycles. The van der Waals surface area contributed by atoms with Gasteiger partial charge in [-0.15, -0.1) is 0 Å². The van der Waals surface area contributed by atoms with Gasteiger partial charge in [-0.2, -0.15) is 11.8 Å². The maximum Gasteiger partial charge on any atom is 0.321 e. The van der Waals surface area contributed by atoms with Crippen molar-refractivity contribution in [2.24, 2.45) is 0 Å². The highest BCUT2D eigenvalue weighted by Gasteiger charge is 2.16. The number of hydrogen-bond donors (Lipinski definition) is 1. The molecule has 0 aromatic heterocycles. The summed E-state index contributed by atoms with van der Waals surface area (Å²) in [5.74, 6) is 2.56. The van der Waals surface area contributed by atoms with Gasteiger partial charge in [0.2, 0.25) is 0 Å². The minimum Gasteiger partial charge on any atom is -0.490 e. The molecule has 1 saturated heterocycles. The summed E-state index contributed by atoms with van der Waals surface area (Å²) in [4.78, 5) is 13.9. The van der Waals surface area contributed by atoms with Gasteiger partial charge >= 0.3 is 6.03 Å². The lowest BCUT2D eigenvalue weighted by Gasteiger charge is -2.26. The Morgan fingerprint density at radius 3 is 2.81 bits per heavy atom. The second kappa shape index (κ2) is 8.36. The predicted octanol–water partition coefficient (Wildman–Crippen LogP) is 2.95. The van der Waals surface area contributed by atoms with Crippen LogP contribution in [0, 0.1) is 0 Å². The van der Waals surface area contributed by atoms with E-state index in [1.54, 1.807) is 25.3 Å². The van der Waals surface area contributed by atoms with Gasteiger partial charge in [-0.1, -0.05) is 11.6 Å². The van der Waals surface area contributed by atoms with E-state index in [2.05, 4.69) is 5.32 Å². The van der Waals surface area contributed by atoms with Crippen LogP contribution in [-0.4, -0.2) is 55.8 Å². The summed E-state index contributed by atoms with van der Waals surface area (Å²) in [5, 5.41) is 3.33. The fourth-order valence-corrected chi connectivity index (χ4v) is 3.04. The topological polar surface area (TPSA) is 50.8 Å². The number of carbonyl (C=O) groups is 1. The fraction of sp³-hybridized carbons (Fsp3) is 0.500. The van der Waals surface area contributed by atoms with Crippen LogP contribution in [0.1, 0.15) is 0 Å². The lowest BCUT2D eigenvalue weighted by atomic mass is 10.3. The minimum absolute atomic E-state index is 0.0839. The van der Waals surface area contributed by atoms with Crippen molar-refractivity contribution in [2.45, 2.75) is 0 Å². The summed E-state index contributed by atoms with van der Waals surface area (Å²) in [6.45, 7) is 2.50. The molecule has 0 radical (unpaired) electrons. The molecule has 1 aliphatic heterocycles. The lowest BCUT2D eigenvalue weighted by molar-refractivity contribution is 0.146. The quantitative estimate of drug-likeness (QED) is 0.843. The van der Waals surface area contributed by atoms with Gasteiger partial charge in [-0.25, -0.2) is 4.79 Å². The van der Waals surface area contributed by atoms with Crippen LogP contribution in [0.4, 0.5) is 10.5 Å². The molecule has 5 nitrogen and oxygen atoms in total. The van der Waals surface area contributed by atoms with Crippen LogP contribution < -0.4 is 10.1 Å². The molecule has 7 heteroatoms. The molecule has 0 atom stereocenters. The summed E-state index contributed by atoms with van der Waals surface area (Å²) >= 11 is 8.01. The highest BCUT2D eigenvalue weighted by atomic mass is 35.5. The number of rotatable bonds is 5. The number of hydrogen-bond acceptors (Lipinski definition) is 4. The van der Waals surface area contributed by atoms with Crippen LogP contribution >= 0.6 is 23.4 Å². The number of nitrogens with zero attached hydrogens (tertiary/aromatic N) is 1. The second-order valence-electron chi connectivity index (χ2n) is 4.52. The van der Waals surface area contributed by atoms with Gasteiger partial charge in [0.15, 0.2) is 0 Å². The molecular formula is C14H19ClN2O3S. The molecule has 21 heavy (non-hydrogen) atoms. The van der Waals surface area contributed by atoms with Crippen LogP contribution in [0.5, 0.6) is 5.75 Å². The van der Waals surface area contributed by atoms with E-state index >= 15 is 0 Å². The van der Waals surface area contributed by atoms with Crippen LogP contribution in [0.3, 0.4) is 0 Å². The van der Waals surface area contributed by atoms with Gasteiger partial charge in [0, 0.05) is 37.4 Å². The number of nitrogens with one attached hydrogen (secondary N) is 1. The molecule has 116 valence electrons.